The minimum atomic E-state index is -1.77. The number of H-pyrrole nitrogens is 1. The Bertz CT molecular complexity index is 5070. The van der Waals surface area contributed by atoms with E-state index in [-0.39, 0.29) is 108 Å². The average molecular weight is 1900 g/mol. The van der Waals surface area contributed by atoms with Crippen LogP contribution in [0.15, 0.2) is 85.2 Å². The number of primary amides is 2. The Morgan fingerprint density at radius 3 is 1.75 bits per heavy atom. The number of unbranched alkanes of at least 4 members (excludes halogenated alkanes) is 2. The number of aromatic hydroxyl groups is 1. The zero-order chi connectivity index (χ0) is 99.4. The van der Waals surface area contributed by atoms with Gasteiger partial charge in [-0.25, -0.2) is 0 Å². The summed E-state index contributed by atoms with van der Waals surface area (Å²) in [5.74, 6) is -18.0. The van der Waals surface area contributed by atoms with Crippen LogP contribution in [0.4, 0.5) is 0 Å². The zero-order valence-corrected chi connectivity index (χ0v) is 79.2. The van der Waals surface area contributed by atoms with Crippen LogP contribution in [0, 0.1) is 11.8 Å². The molecular formula is C92H133N21O21S. The largest absolute Gasteiger partial charge is 0.508 e. The molecule has 21 N–H and O–H groups in total. The Hall–Kier alpha value is -12.8. The Balaban J connectivity index is 1.21. The molecule has 42 nitrogen and oxygen atoms in total. The van der Waals surface area contributed by atoms with Crippen LogP contribution < -0.4 is 76.1 Å². The zero-order valence-electron chi connectivity index (χ0n) is 78.4. The van der Waals surface area contributed by atoms with E-state index in [2.05, 4.69) is 58.2 Å². The van der Waals surface area contributed by atoms with E-state index in [9.17, 15) is 63.0 Å². The Kier molecular flexibility index (Phi) is 40.7. The normalized spacial score (nSPS) is 24.8. The fourth-order valence-electron chi connectivity index (χ4n) is 16.9. The maximum Gasteiger partial charge on any atom is 0.325 e. The highest BCUT2D eigenvalue weighted by atomic mass is 32.2. The predicted octanol–water partition coefficient (Wildman–Crippen LogP) is -2.15. The minimum absolute atomic E-state index is 0.00563. The monoisotopic (exact) mass is 1900 g/mol. The predicted molar refractivity (Wildman–Crippen MR) is 499 cm³/mol. The van der Waals surface area contributed by atoms with Gasteiger partial charge in [0.05, 0.1) is 31.9 Å². The van der Waals surface area contributed by atoms with Crippen molar-refractivity contribution in [1.82, 2.24) is 87.2 Å². The highest BCUT2D eigenvalue weighted by molar-refractivity contribution is 8.00. The third-order valence-corrected chi connectivity index (χ3v) is 25.3. The highest BCUT2D eigenvalue weighted by Gasteiger charge is 2.47. The number of para-hydroxylation sites is 2. The number of thioether (sulfide) groups is 1. The number of fused-ring (bicyclic) bond motifs is 4. The molecule has 0 aliphatic carbocycles. The molecule has 0 radical (unpaired) electrons. The number of carbonyl (C=O) groups excluding carboxylic acids is 18. The maximum absolute atomic E-state index is 16.0. The number of likely N-dealkylation sites (N-methyl/N-ethyl adjacent to an activating group) is 3. The number of aromatic nitrogens is 2. The number of esters is 1. The standard InChI is InChI=1S/C92H133N21O21S/c1-12-14-24-71-85(126)101-62(35-50(3)4)82(123)107-69(80(121)98-44-76(96)117)48-135-49-77(118)99-65(37-53-28-30-56(114)31-29-53)88(129)108(8)52(7)79(120)103-67(41-75(95)116)90(131)112-34-20-27-72(112)86(127)106-68(42-94)84(125)104-64(36-51(5)6)91(132)113-46-57(115)40-74(113)87(128)102-63(38-54-43-97-60-23-18-16-21-58(54)60)83(124)100-61(32-33-93)81(122)105-66(89(130)110(10)73(25-15-13-2)92(133)109(71)9)39-55-45-111(47-78(119)134-11)70-26-19-17-22-59(55)70/h16-19,21-23,26,28-31,43,45,50-52,57,61-69,71-74,97,114-115H,12-15,20,24-25,27,32-42,44,46-49,93-94H2,1-11H3,(H2,95,116)(H2,96,117)(H,98,121)(H,99,118)(H,100,124)(H,101,126)(H,102,128)(H,103,120)(H,104,125)(H,105,122)(H,106,127)(H,107,123)/t52-,57+,61-,62-,63-,64-,65-,66-,67-,68-,69-,71-,72-,73-,74-/m0/s1. The number of carbonyl (C=O) groups is 18. The number of nitrogens with two attached hydrogens (primary N) is 4. The molecule has 5 aromatic rings. The molecule has 17 amide bonds. The molecule has 0 unspecified atom stereocenters. The van der Waals surface area contributed by atoms with Gasteiger partial charge in [0.25, 0.3) is 0 Å². The van der Waals surface area contributed by atoms with Crippen molar-refractivity contribution in [3.05, 3.63) is 102 Å². The van der Waals surface area contributed by atoms with Crippen molar-refractivity contribution >= 4 is 140 Å². The second-order valence-electron chi connectivity index (χ2n) is 35.5. The first kappa shape index (κ1) is 108. The summed E-state index contributed by atoms with van der Waals surface area (Å²) in [6, 6.07) is -1.77. The first-order valence-electron chi connectivity index (χ1n) is 45.7. The van der Waals surface area contributed by atoms with Crippen molar-refractivity contribution in [1.29, 1.82) is 0 Å². The molecule has 135 heavy (non-hydrogen) atoms. The molecule has 43 heteroatoms. The molecule has 3 saturated heterocycles. The molecule has 3 aliphatic rings. The van der Waals surface area contributed by atoms with E-state index in [0.717, 1.165) is 31.4 Å². The van der Waals surface area contributed by atoms with Gasteiger partial charge in [0.1, 0.15) is 96.9 Å². The number of aromatic amines is 1. The van der Waals surface area contributed by atoms with Crippen molar-refractivity contribution in [2.45, 2.75) is 248 Å². The van der Waals surface area contributed by atoms with Crippen molar-refractivity contribution < 1.29 is 101 Å². The van der Waals surface area contributed by atoms with Gasteiger partial charge in [-0.2, -0.15) is 0 Å². The lowest BCUT2D eigenvalue weighted by atomic mass is 9.99. The van der Waals surface area contributed by atoms with Crippen LogP contribution in [0.2, 0.25) is 0 Å². The number of aliphatic hydroxyl groups is 1. The number of nitrogens with one attached hydrogen (secondary N) is 11. The first-order valence-corrected chi connectivity index (χ1v) is 46.9. The molecule has 3 aliphatic heterocycles. The smallest absolute Gasteiger partial charge is 0.325 e. The summed E-state index contributed by atoms with van der Waals surface area (Å²) in [6.45, 7) is 9.58. The summed E-state index contributed by atoms with van der Waals surface area (Å²) in [4.78, 5) is 272. The average Bonchev–Trinajstić information content (AvgIpc) is 1.66. The van der Waals surface area contributed by atoms with E-state index in [4.69, 9.17) is 27.7 Å². The summed E-state index contributed by atoms with van der Waals surface area (Å²) in [6.07, 6.45) is 1.23. The van der Waals surface area contributed by atoms with Gasteiger partial charge in [-0.1, -0.05) is 116 Å². The quantitative estimate of drug-likeness (QED) is 0.0262. The molecule has 0 bridgehead atoms. The number of rotatable bonds is 26. The summed E-state index contributed by atoms with van der Waals surface area (Å²) in [5.41, 5.74) is 26.1. The third-order valence-electron chi connectivity index (χ3n) is 24.3. The summed E-state index contributed by atoms with van der Waals surface area (Å²) < 4.78 is 6.64. The molecule has 0 saturated carbocycles. The number of hydrogen-bond donors (Lipinski definition) is 17. The lowest BCUT2D eigenvalue weighted by Gasteiger charge is -2.36. The van der Waals surface area contributed by atoms with E-state index >= 15 is 33.6 Å². The van der Waals surface area contributed by atoms with Gasteiger partial charge < -0.3 is 125 Å². The second-order valence-corrected chi connectivity index (χ2v) is 36.5. The number of ether oxygens (including phenoxy) is 1. The van der Waals surface area contributed by atoms with Gasteiger partial charge in [0, 0.05) is 106 Å². The van der Waals surface area contributed by atoms with E-state index in [0.29, 0.717) is 64.2 Å². The van der Waals surface area contributed by atoms with E-state index in [1.165, 1.54) is 64.3 Å². The van der Waals surface area contributed by atoms with Crippen LogP contribution in [-0.2, 0) is 117 Å². The number of aliphatic hydroxyl groups excluding tert-OH is 1. The van der Waals surface area contributed by atoms with Crippen LogP contribution in [0.5, 0.6) is 5.75 Å². The van der Waals surface area contributed by atoms with E-state index in [1.54, 1.807) is 93.2 Å². The second kappa shape index (κ2) is 51.1. The van der Waals surface area contributed by atoms with Crippen molar-refractivity contribution in [2.24, 2.45) is 34.8 Å². The molecule has 8 rings (SSSR count). The van der Waals surface area contributed by atoms with Crippen LogP contribution in [0.3, 0.4) is 0 Å². The van der Waals surface area contributed by atoms with Crippen LogP contribution in [0.25, 0.3) is 21.8 Å². The molecule has 3 fully saturated rings. The van der Waals surface area contributed by atoms with E-state index < -0.39 is 235 Å². The topological polar surface area (TPSA) is 618 Å². The number of phenols is 1. The number of amides is 17. The molecule has 738 valence electrons. The Morgan fingerprint density at radius 1 is 0.556 bits per heavy atom. The summed E-state index contributed by atoms with van der Waals surface area (Å²) in [7, 11) is 5.17. The van der Waals surface area contributed by atoms with E-state index in [1.807, 2.05) is 13.8 Å². The molecule has 0 spiro atoms. The molecular weight excluding hydrogens is 1770 g/mol. The van der Waals surface area contributed by atoms with Gasteiger partial charge in [-0.3, -0.25) is 86.3 Å². The molecule has 15 atom stereocenters. The number of methoxy groups -OCH3 is 1. The summed E-state index contributed by atoms with van der Waals surface area (Å²) in [5, 5.41) is 49.5. The number of nitrogens with zero attached hydrogens (tertiary/aromatic N) is 6. The molecule has 2 aromatic heterocycles. The van der Waals surface area contributed by atoms with Crippen molar-refractivity contribution in [3.63, 3.8) is 0 Å². The van der Waals surface area contributed by atoms with Gasteiger partial charge in [-0.05, 0) is 111 Å². The van der Waals surface area contributed by atoms with Crippen molar-refractivity contribution in [3.8, 4) is 5.75 Å². The Morgan fingerprint density at radius 2 is 1.10 bits per heavy atom. The van der Waals surface area contributed by atoms with Crippen LogP contribution >= 0.6 is 11.8 Å². The highest BCUT2D eigenvalue weighted by Crippen LogP contribution is 2.29. The van der Waals surface area contributed by atoms with Gasteiger partial charge in [0.2, 0.25) is 100 Å². The number of benzene rings is 3. The lowest BCUT2D eigenvalue weighted by Crippen LogP contribution is -2.62. The molecule has 5 heterocycles. The first-order chi connectivity index (χ1) is 64.1. The van der Waals surface area contributed by atoms with Gasteiger partial charge >= 0.3 is 5.97 Å². The SMILES string of the molecule is CCCC[C@H]1C(=O)N(C)[C@@H](CCCC)C(=O)N[C@@H](CC(C)C)C(=O)N[C@H](C(=O)NCC(N)=O)CSCC(=O)N[C@@H](Cc2ccc(O)cc2)C(=O)N(C)[C@@H](C)C(=O)N[C@@H](CC(N)=O)C(=O)N2CCC[C@H]2C(=O)N[C@@H](CN)C(=O)N[C@@H](CC(C)C)C(=O)N2C[C@H](O)C[C@H]2C(=O)N[C@@H](Cc2c[nH]c3ccccc23)C(=O)N[C@@H](CCN)C(=O)N[C@@H](Cc2cn(CC(=O)OC)c3ccccc23)C(=O)N1C. The summed E-state index contributed by atoms with van der Waals surface area (Å²) >= 11 is 0.790. The minimum Gasteiger partial charge on any atom is -0.508 e. The van der Waals surface area contributed by atoms with Gasteiger partial charge in [-0.15, -0.1) is 11.8 Å². The third kappa shape index (κ3) is 29.9. The van der Waals surface area contributed by atoms with Gasteiger partial charge in [0.15, 0.2) is 0 Å². The number of hydrogen-bond acceptors (Lipinski definition) is 24. The van der Waals surface area contributed by atoms with Crippen LogP contribution in [-0.4, -0.2) is 314 Å². The maximum atomic E-state index is 16.0. The fraction of sp³-hybridized carbons (Fsp3) is 0.565. The Labute approximate surface area is 787 Å². The van der Waals surface area contributed by atoms with Crippen molar-refractivity contribution in [2.75, 3.05) is 72.5 Å². The van der Waals surface area contributed by atoms with Crippen LogP contribution in [0.1, 0.15) is 149 Å². The molecule has 3 aromatic carbocycles. The number of phenolic OH excluding ortho intramolecular Hbond substituents is 1. The fourth-order valence-corrected chi connectivity index (χ4v) is 17.7. The lowest BCUT2D eigenvalue weighted by molar-refractivity contribution is -0.149.